The smallest absolute Gasteiger partial charge is 0.259 e. The van der Waals surface area contributed by atoms with Crippen molar-refractivity contribution in [1.82, 2.24) is 0 Å². The van der Waals surface area contributed by atoms with Crippen LogP contribution in [0.5, 0.6) is 5.75 Å². The van der Waals surface area contributed by atoms with Crippen molar-refractivity contribution in [3.05, 3.63) is 75.2 Å². The van der Waals surface area contributed by atoms with Crippen LogP contribution in [0, 0.1) is 13.8 Å². The maximum atomic E-state index is 13.3. The lowest BCUT2D eigenvalue weighted by Crippen LogP contribution is -2.15. The average molecular weight is 433 g/mol. The van der Waals surface area contributed by atoms with Crippen LogP contribution in [0.15, 0.2) is 47.5 Å². The minimum atomic E-state index is -0.0681. The molecule has 0 fully saturated rings. The zero-order valence-electron chi connectivity index (χ0n) is 18.3. The molecule has 2 aromatic carbocycles. The molecule has 0 radical (unpaired) electrons. The minimum absolute atomic E-state index is 0.0681. The monoisotopic (exact) mass is 432 g/mol. The second-order valence-electron chi connectivity index (χ2n) is 7.90. The molecule has 1 amide bonds. The van der Waals surface area contributed by atoms with Gasteiger partial charge in [0.05, 0.1) is 12.2 Å². The Balaban J connectivity index is 1.62. The van der Waals surface area contributed by atoms with Gasteiger partial charge in [-0.05, 0) is 105 Å². The van der Waals surface area contributed by atoms with E-state index < -0.39 is 0 Å². The maximum Gasteiger partial charge on any atom is 0.259 e. The van der Waals surface area contributed by atoms with E-state index in [4.69, 9.17) is 9.73 Å². The molecule has 1 aliphatic carbocycles. The van der Waals surface area contributed by atoms with Gasteiger partial charge in [-0.15, -0.1) is 11.3 Å². The molecule has 1 N–H and O–H groups in total. The van der Waals surface area contributed by atoms with Gasteiger partial charge < -0.3 is 10.1 Å². The lowest BCUT2D eigenvalue weighted by atomic mass is 9.95. The molecule has 160 valence electrons. The molecule has 0 aliphatic heterocycles. The number of rotatable bonds is 6. The third kappa shape index (κ3) is 4.88. The first-order valence-electron chi connectivity index (χ1n) is 10.8. The summed E-state index contributed by atoms with van der Waals surface area (Å²) in [6.45, 7) is 6.75. The Morgan fingerprint density at radius 2 is 1.87 bits per heavy atom. The highest BCUT2D eigenvalue weighted by Crippen LogP contribution is 2.40. The van der Waals surface area contributed by atoms with Gasteiger partial charge in [-0.25, -0.2) is 4.99 Å². The molecule has 0 saturated heterocycles. The number of hydrogen-bond donors (Lipinski definition) is 1. The normalized spacial score (nSPS) is 13.3. The van der Waals surface area contributed by atoms with Crippen LogP contribution in [0.3, 0.4) is 0 Å². The van der Waals surface area contributed by atoms with Gasteiger partial charge in [-0.2, -0.15) is 0 Å². The number of aliphatic imine (C=N–C) groups is 1. The van der Waals surface area contributed by atoms with E-state index in [0.29, 0.717) is 6.61 Å². The molecule has 1 aliphatic rings. The summed E-state index contributed by atoms with van der Waals surface area (Å²) in [7, 11) is 0. The van der Waals surface area contributed by atoms with E-state index in [2.05, 4.69) is 19.2 Å². The summed E-state index contributed by atoms with van der Waals surface area (Å²) in [6, 6.07) is 13.9. The van der Waals surface area contributed by atoms with Crippen molar-refractivity contribution in [3.8, 4) is 5.75 Å². The summed E-state index contributed by atoms with van der Waals surface area (Å²) in [4.78, 5) is 19.3. The molecule has 4 nitrogen and oxygen atoms in total. The van der Waals surface area contributed by atoms with Crippen LogP contribution in [0.1, 0.15) is 57.3 Å². The topological polar surface area (TPSA) is 50.7 Å². The highest BCUT2D eigenvalue weighted by molar-refractivity contribution is 7.16. The summed E-state index contributed by atoms with van der Waals surface area (Å²) in [5, 5.41) is 3.89. The number of nitrogens with zero attached hydrogens (tertiary/aromatic N) is 1. The molecule has 0 unspecified atom stereocenters. The lowest BCUT2D eigenvalue weighted by Gasteiger charge is -2.13. The standard InChI is InChI=1S/C26H28N2O2S/c1-4-30-21-13-10-19(11-14-21)16-27-26-24(22-7-5-6-8-23(22)31-26)25(29)28-20-12-9-17(2)18(3)15-20/h9-16H,4-8H2,1-3H3,(H,28,29). The number of amides is 1. The van der Waals surface area contributed by atoms with Crippen molar-refractivity contribution < 1.29 is 9.53 Å². The second-order valence-corrected chi connectivity index (χ2v) is 8.99. The Morgan fingerprint density at radius 1 is 1.10 bits per heavy atom. The number of thiophene rings is 1. The summed E-state index contributed by atoms with van der Waals surface area (Å²) < 4.78 is 5.51. The first kappa shape index (κ1) is 21.3. The van der Waals surface area contributed by atoms with Crippen LogP contribution < -0.4 is 10.1 Å². The Labute approximate surface area is 188 Å². The number of carbonyl (C=O) groups is 1. The largest absolute Gasteiger partial charge is 0.494 e. The first-order valence-corrected chi connectivity index (χ1v) is 11.7. The van der Waals surface area contributed by atoms with Gasteiger partial charge in [0.1, 0.15) is 10.8 Å². The molecule has 3 aromatic rings. The highest BCUT2D eigenvalue weighted by atomic mass is 32.1. The van der Waals surface area contributed by atoms with E-state index in [1.165, 1.54) is 28.0 Å². The Kier molecular flexibility index (Phi) is 6.52. The van der Waals surface area contributed by atoms with Gasteiger partial charge in [0.2, 0.25) is 0 Å². The Morgan fingerprint density at radius 3 is 2.61 bits per heavy atom. The zero-order chi connectivity index (χ0) is 21.8. The molecule has 1 heterocycles. The van der Waals surface area contributed by atoms with E-state index in [0.717, 1.165) is 46.8 Å². The number of nitrogens with one attached hydrogen (secondary N) is 1. The lowest BCUT2D eigenvalue weighted by molar-refractivity contribution is 0.102. The van der Waals surface area contributed by atoms with Crippen LogP contribution in [-0.4, -0.2) is 18.7 Å². The summed E-state index contributed by atoms with van der Waals surface area (Å²) >= 11 is 1.65. The Hall–Kier alpha value is -2.92. The van der Waals surface area contributed by atoms with Gasteiger partial charge in [0.15, 0.2) is 0 Å². The predicted octanol–water partition coefficient (Wildman–Crippen LogP) is 6.65. The third-order valence-electron chi connectivity index (χ3n) is 5.67. The number of fused-ring (bicyclic) bond motifs is 1. The number of anilines is 1. The average Bonchev–Trinajstić information content (AvgIpc) is 3.14. The number of hydrogen-bond acceptors (Lipinski definition) is 4. The minimum Gasteiger partial charge on any atom is -0.494 e. The zero-order valence-corrected chi connectivity index (χ0v) is 19.1. The Bertz CT molecular complexity index is 1110. The van der Waals surface area contributed by atoms with Crippen molar-refractivity contribution in [1.29, 1.82) is 0 Å². The number of ether oxygens (including phenoxy) is 1. The fourth-order valence-corrected chi connectivity index (χ4v) is 5.07. The van der Waals surface area contributed by atoms with Gasteiger partial charge in [-0.1, -0.05) is 6.07 Å². The number of carbonyl (C=O) groups excluding carboxylic acids is 1. The predicted molar refractivity (Wildman–Crippen MR) is 130 cm³/mol. The molecule has 0 spiro atoms. The summed E-state index contributed by atoms with van der Waals surface area (Å²) in [5.74, 6) is 0.779. The molecule has 0 saturated carbocycles. The van der Waals surface area contributed by atoms with Crippen LogP contribution in [-0.2, 0) is 12.8 Å². The molecule has 1 aromatic heterocycles. The van der Waals surface area contributed by atoms with Crippen LogP contribution >= 0.6 is 11.3 Å². The van der Waals surface area contributed by atoms with Crippen LogP contribution in [0.25, 0.3) is 0 Å². The molecule has 5 heteroatoms. The number of benzene rings is 2. The van der Waals surface area contributed by atoms with Crippen molar-refractivity contribution in [3.63, 3.8) is 0 Å². The summed E-state index contributed by atoms with van der Waals surface area (Å²) in [5.41, 5.74) is 6.10. The van der Waals surface area contributed by atoms with Gasteiger partial charge in [0, 0.05) is 16.8 Å². The van der Waals surface area contributed by atoms with Gasteiger partial charge >= 0.3 is 0 Å². The van der Waals surface area contributed by atoms with Crippen LogP contribution in [0.4, 0.5) is 10.7 Å². The number of aryl methyl sites for hydroxylation is 3. The van der Waals surface area contributed by atoms with E-state index in [1.807, 2.05) is 55.6 Å². The molecular formula is C26H28N2O2S. The fourth-order valence-electron chi connectivity index (χ4n) is 3.84. The first-order chi connectivity index (χ1) is 15.0. The van der Waals surface area contributed by atoms with E-state index in [-0.39, 0.29) is 5.91 Å². The van der Waals surface area contributed by atoms with Crippen molar-refractivity contribution in [2.45, 2.75) is 46.5 Å². The summed E-state index contributed by atoms with van der Waals surface area (Å²) in [6.07, 6.45) is 6.10. The molecule has 0 atom stereocenters. The van der Waals surface area contributed by atoms with Crippen molar-refractivity contribution in [2.75, 3.05) is 11.9 Å². The molecule has 31 heavy (non-hydrogen) atoms. The maximum absolute atomic E-state index is 13.3. The van der Waals surface area contributed by atoms with Crippen LogP contribution in [0.2, 0.25) is 0 Å². The van der Waals surface area contributed by atoms with E-state index in [1.54, 1.807) is 11.3 Å². The van der Waals surface area contributed by atoms with Gasteiger partial charge in [0.25, 0.3) is 5.91 Å². The second kappa shape index (κ2) is 9.48. The fraction of sp³-hybridized carbons (Fsp3) is 0.308. The van der Waals surface area contributed by atoms with E-state index >= 15 is 0 Å². The quantitative estimate of drug-likeness (QED) is 0.444. The third-order valence-corrected chi connectivity index (χ3v) is 6.87. The van der Waals surface area contributed by atoms with Crippen molar-refractivity contribution >= 4 is 34.1 Å². The van der Waals surface area contributed by atoms with Gasteiger partial charge in [-0.3, -0.25) is 4.79 Å². The molecule has 0 bridgehead atoms. The van der Waals surface area contributed by atoms with E-state index in [9.17, 15) is 4.79 Å². The molecular weight excluding hydrogens is 404 g/mol. The van der Waals surface area contributed by atoms with Crippen molar-refractivity contribution in [2.24, 2.45) is 4.99 Å². The highest BCUT2D eigenvalue weighted by Gasteiger charge is 2.25. The molecule has 4 rings (SSSR count). The SMILES string of the molecule is CCOc1ccc(C=Nc2sc3c(c2C(=O)Nc2ccc(C)c(C)c2)CCCC3)cc1.